The lowest BCUT2D eigenvalue weighted by atomic mass is 10.1. The van der Waals surface area contributed by atoms with Crippen LogP contribution in [0.3, 0.4) is 0 Å². The van der Waals surface area contributed by atoms with E-state index < -0.39 is 0 Å². The molecule has 2 aromatic heterocycles. The van der Waals surface area contributed by atoms with Crippen molar-refractivity contribution in [3.63, 3.8) is 0 Å². The summed E-state index contributed by atoms with van der Waals surface area (Å²) in [6.45, 7) is 4.14. The molecule has 1 aromatic carbocycles. The number of nitrogens with zero attached hydrogens (tertiary/aromatic N) is 3. The van der Waals surface area contributed by atoms with Gasteiger partial charge in [-0.05, 0) is 61.5 Å². The minimum absolute atomic E-state index is 0.565. The first-order chi connectivity index (χ1) is 9.65. The van der Waals surface area contributed by atoms with Crippen LogP contribution in [-0.2, 0) is 0 Å². The first-order valence-electron chi connectivity index (χ1n) is 6.32. The Morgan fingerprint density at radius 3 is 2.50 bits per heavy atom. The third-order valence-corrected chi connectivity index (χ3v) is 3.30. The number of hydrogen-bond acceptors (Lipinski definition) is 3. The molecule has 3 aromatic rings. The Bertz CT molecular complexity index is 782. The van der Waals surface area contributed by atoms with E-state index in [1.807, 2.05) is 22.8 Å². The number of H-pyrrole nitrogens is 1. The fourth-order valence-corrected chi connectivity index (χ4v) is 2.52. The zero-order valence-corrected chi connectivity index (χ0v) is 12.1. The summed E-state index contributed by atoms with van der Waals surface area (Å²) < 4.78 is 2.48. The lowest BCUT2D eigenvalue weighted by Crippen LogP contribution is -2.00. The Kier molecular flexibility index (Phi) is 3.20. The van der Waals surface area contributed by atoms with Gasteiger partial charge in [-0.15, -0.1) is 0 Å². The molecule has 0 saturated heterocycles. The van der Waals surface area contributed by atoms with E-state index in [0.29, 0.717) is 4.77 Å². The van der Waals surface area contributed by atoms with Gasteiger partial charge in [0.2, 0.25) is 0 Å². The minimum Gasteiger partial charge on any atom is -0.267 e. The molecule has 0 atom stereocenters. The van der Waals surface area contributed by atoms with Crippen molar-refractivity contribution in [2.75, 3.05) is 0 Å². The maximum Gasteiger partial charge on any atom is 0.200 e. The van der Waals surface area contributed by atoms with Crippen molar-refractivity contribution in [1.29, 1.82) is 0 Å². The molecule has 0 fully saturated rings. The quantitative estimate of drug-likeness (QED) is 0.730. The molecule has 0 aliphatic heterocycles. The smallest absolute Gasteiger partial charge is 0.200 e. The van der Waals surface area contributed by atoms with Gasteiger partial charge in [0.15, 0.2) is 10.6 Å². The summed E-state index contributed by atoms with van der Waals surface area (Å²) in [5.74, 6) is 0.723. The van der Waals surface area contributed by atoms with Gasteiger partial charge >= 0.3 is 0 Å². The minimum atomic E-state index is 0.565. The number of aromatic nitrogens is 4. The first-order valence-corrected chi connectivity index (χ1v) is 6.73. The van der Waals surface area contributed by atoms with Crippen LogP contribution in [0.2, 0.25) is 0 Å². The fraction of sp³-hybridized carbons (Fsp3) is 0.133. The lowest BCUT2D eigenvalue weighted by molar-refractivity contribution is 1.02. The topological polar surface area (TPSA) is 46.5 Å². The number of aromatic amines is 1. The van der Waals surface area contributed by atoms with Crippen molar-refractivity contribution in [1.82, 2.24) is 19.7 Å². The summed E-state index contributed by atoms with van der Waals surface area (Å²) in [7, 11) is 0. The van der Waals surface area contributed by atoms with E-state index in [-0.39, 0.29) is 0 Å². The number of aryl methyl sites for hydroxylation is 2. The summed E-state index contributed by atoms with van der Waals surface area (Å²) in [6, 6.07) is 12.0. The van der Waals surface area contributed by atoms with Crippen molar-refractivity contribution < 1.29 is 0 Å². The molecule has 0 saturated carbocycles. The molecule has 5 heteroatoms. The molecule has 0 amide bonds. The van der Waals surface area contributed by atoms with E-state index in [1.165, 1.54) is 11.1 Å². The number of benzene rings is 1. The maximum absolute atomic E-state index is 5.36. The SMILES string of the molecule is Cc1cc(C)cc(-n2c(-c3ccccn3)n[nH]c2=S)c1. The standard InChI is InChI=1S/C15H14N4S/c1-10-7-11(2)9-12(8-10)19-14(17-18-15(19)20)13-5-3-4-6-16-13/h3-9H,1-2H3,(H,18,20). The average Bonchev–Trinajstić information content (AvgIpc) is 2.80. The summed E-state index contributed by atoms with van der Waals surface area (Å²) in [6.07, 6.45) is 1.75. The van der Waals surface area contributed by atoms with Crippen LogP contribution in [0, 0.1) is 18.6 Å². The molecule has 1 N–H and O–H groups in total. The van der Waals surface area contributed by atoms with Gasteiger partial charge in [-0.3, -0.25) is 14.6 Å². The second-order valence-corrected chi connectivity index (χ2v) is 5.14. The average molecular weight is 282 g/mol. The lowest BCUT2D eigenvalue weighted by Gasteiger charge is -2.08. The highest BCUT2D eigenvalue weighted by molar-refractivity contribution is 7.71. The predicted octanol–water partition coefficient (Wildman–Crippen LogP) is 3.61. The number of hydrogen-bond donors (Lipinski definition) is 1. The van der Waals surface area contributed by atoms with Gasteiger partial charge in [0.1, 0.15) is 5.69 Å². The molecule has 0 radical (unpaired) electrons. The third kappa shape index (κ3) is 2.28. The number of nitrogens with one attached hydrogen (secondary N) is 1. The Labute approximate surface area is 122 Å². The fourth-order valence-electron chi connectivity index (χ4n) is 2.28. The summed E-state index contributed by atoms with van der Waals surface area (Å²) in [4.78, 5) is 4.34. The zero-order chi connectivity index (χ0) is 14.1. The Balaban J connectivity index is 2.24. The van der Waals surface area contributed by atoms with Crippen LogP contribution < -0.4 is 0 Å². The monoisotopic (exact) mass is 282 g/mol. The molecular weight excluding hydrogens is 268 g/mol. The molecule has 4 nitrogen and oxygen atoms in total. The summed E-state index contributed by atoms with van der Waals surface area (Å²) >= 11 is 5.36. The van der Waals surface area contributed by atoms with Crippen molar-refractivity contribution in [3.8, 4) is 17.2 Å². The molecule has 2 heterocycles. The van der Waals surface area contributed by atoms with Gasteiger partial charge in [0.25, 0.3) is 0 Å². The molecule has 3 rings (SSSR count). The van der Waals surface area contributed by atoms with Crippen molar-refractivity contribution in [2.24, 2.45) is 0 Å². The van der Waals surface area contributed by atoms with Gasteiger partial charge in [0.05, 0.1) is 5.69 Å². The molecular formula is C15H14N4S. The Morgan fingerprint density at radius 2 is 1.85 bits per heavy atom. The zero-order valence-electron chi connectivity index (χ0n) is 11.3. The normalized spacial score (nSPS) is 10.7. The van der Waals surface area contributed by atoms with Crippen molar-refractivity contribution >= 4 is 12.2 Å². The first kappa shape index (κ1) is 12.7. The van der Waals surface area contributed by atoms with Crippen LogP contribution in [0.25, 0.3) is 17.2 Å². The van der Waals surface area contributed by atoms with Gasteiger partial charge in [-0.1, -0.05) is 12.1 Å². The van der Waals surface area contributed by atoms with Crippen LogP contribution in [0.1, 0.15) is 11.1 Å². The van der Waals surface area contributed by atoms with E-state index >= 15 is 0 Å². The Hall–Kier alpha value is -2.27. The summed E-state index contributed by atoms with van der Waals surface area (Å²) in [5.41, 5.74) is 4.17. The second-order valence-electron chi connectivity index (χ2n) is 4.75. The van der Waals surface area contributed by atoms with E-state index in [2.05, 4.69) is 47.2 Å². The van der Waals surface area contributed by atoms with Crippen LogP contribution in [0.5, 0.6) is 0 Å². The van der Waals surface area contributed by atoms with E-state index in [1.54, 1.807) is 6.20 Å². The molecule has 0 aliphatic rings. The molecule has 0 spiro atoms. The van der Waals surface area contributed by atoms with Gasteiger partial charge in [0, 0.05) is 6.20 Å². The number of pyridine rings is 1. The molecule has 0 unspecified atom stereocenters. The van der Waals surface area contributed by atoms with E-state index in [4.69, 9.17) is 12.2 Å². The van der Waals surface area contributed by atoms with Crippen LogP contribution in [-0.4, -0.2) is 19.7 Å². The van der Waals surface area contributed by atoms with Crippen molar-refractivity contribution in [2.45, 2.75) is 13.8 Å². The maximum atomic E-state index is 5.36. The number of rotatable bonds is 2. The molecule has 0 bridgehead atoms. The largest absolute Gasteiger partial charge is 0.267 e. The molecule has 20 heavy (non-hydrogen) atoms. The highest BCUT2D eigenvalue weighted by atomic mass is 32.1. The highest BCUT2D eigenvalue weighted by Crippen LogP contribution is 2.21. The summed E-state index contributed by atoms with van der Waals surface area (Å²) in [5, 5.41) is 7.15. The molecule has 100 valence electrons. The van der Waals surface area contributed by atoms with Crippen LogP contribution >= 0.6 is 12.2 Å². The highest BCUT2D eigenvalue weighted by Gasteiger charge is 2.11. The van der Waals surface area contributed by atoms with Gasteiger partial charge in [-0.25, -0.2) is 0 Å². The second kappa shape index (κ2) is 5.02. The molecule has 0 aliphatic carbocycles. The van der Waals surface area contributed by atoms with E-state index in [0.717, 1.165) is 17.2 Å². The predicted molar refractivity (Wildman–Crippen MR) is 81.5 cm³/mol. The van der Waals surface area contributed by atoms with Gasteiger partial charge in [-0.2, -0.15) is 5.10 Å². The Morgan fingerprint density at radius 1 is 1.10 bits per heavy atom. The van der Waals surface area contributed by atoms with Gasteiger partial charge < -0.3 is 0 Å². The van der Waals surface area contributed by atoms with Crippen LogP contribution in [0.15, 0.2) is 42.6 Å². The third-order valence-electron chi connectivity index (χ3n) is 3.03. The van der Waals surface area contributed by atoms with Crippen LogP contribution in [0.4, 0.5) is 0 Å². The van der Waals surface area contributed by atoms with Crippen molar-refractivity contribution in [3.05, 3.63) is 58.5 Å². The van der Waals surface area contributed by atoms with E-state index in [9.17, 15) is 0 Å².